The third kappa shape index (κ3) is 2.20. The minimum Gasteiger partial charge on any atom is -0.388 e. The molecule has 0 amide bonds. The SMILES string of the molecule is CC(C)(O)[C@@H](O)[C@H](O)c1cccc2[nH]ccc12. The van der Waals surface area contributed by atoms with E-state index in [0.717, 1.165) is 10.9 Å². The van der Waals surface area contributed by atoms with E-state index in [9.17, 15) is 15.3 Å². The van der Waals surface area contributed by atoms with Gasteiger partial charge in [0.1, 0.15) is 12.2 Å². The molecule has 0 saturated heterocycles. The van der Waals surface area contributed by atoms with E-state index in [1.165, 1.54) is 13.8 Å². The Hall–Kier alpha value is -1.36. The van der Waals surface area contributed by atoms with Gasteiger partial charge in [-0.2, -0.15) is 0 Å². The highest BCUT2D eigenvalue weighted by molar-refractivity contribution is 5.83. The fourth-order valence-corrected chi connectivity index (χ4v) is 1.92. The van der Waals surface area contributed by atoms with Crippen molar-refractivity contribution in [3.8, 4) is 0 Å². The number of aromatic nitrogens is 1. The lowest BCUT2D eigenvalue weighted by Crippen LogP contribution is -2.40. The van der Waals surface area contributed by atoms with E-state index in [2.05, 4.69) is 4.98 Å². The summed E-state index contributed by atoms with van der Waals surface area (Å²) < 4.78 is 0. The molecule has 1 aromatic carbocycles. The fourth-order valence-electron chi connectivity index (χ4n) is 1.92. The highest BCUT2D eigenvalue weighted by atomic mass is 16.4. The van der Waals surface area contributed by atoms with Crippen LogP contribution in [-0.4, -0.2) is 32.0 Å². The molecule has 0 radical (unpaired) electrons. The minimum atomic E-state index is -1.35. The molecule has 4 N–H and O–H groups in total. The number of hydrogen-bond donors (Lipinski definition) is 4. The van der Waals surface area contributed by atoms with Gasteiger partial charge in [-0.15, -0.1) is 0 Å². The van der Waals surface area contributed by atoms with Gasteiger partial charge in [-0.25, -0.2) is 0 Å². The van der Waals surface area contributed by atoms with Crippen molar-refractivity contribution in [2.45, 2.75) is 31.7 Å². The van der Waals surface area contributed by atoms with E-state index in [1.807, 2.05) is 12.1 Å². The molecule has 4 heteroatoms. The second-order valence-electron chi connectivity index (χ2n) is 4.83. The maximum absolute atomic E-state index is 10.1. The van der Waals surface area contributed by atoms with E-state index in [4.69, 9.17) is 0 Å². The summed E-state index contributed by atoms with van der Waals surface area (Å²) in [6.07, 6.45) is -0.574. The Balaban J connectivity index is 2.43. The molecular formula is C13H17NO3. The summed E-state index contributed by atoms with van der Waals surface area (Å²) >= 11 is 0. The van der Waals surface area contributed by atoms with Crippen LogP contribution >= 0.6 is 0 Å². The van der Waals surface area contributed by atoms with Crippen molar-refractivity contribution in [1.82, 2.24) is 4.98 Å². The van der Waals surface area contributed by atoms with Gasteiger partial charge in [-0.3, -0.25) is 0 Å². The number of aliphatic hydroxyl groups excluding tert-OH is 2. The first-order valence-electron chi connectivity index (χ1n) is 5.56. The van der Waals surface area contributed by atoms with Crippen molar-refractivity contribution >= 4 is 10.9 Å². The average Bonchev–Trinajstić information content (AvgIpc) is 2.73. The second kappa shape index (κ2) is 4.14. The standard InChI is InChI=1S/C13H17NO3/c1-13(2,17)12(16)11(15)9-4-3-5-10-8(9)6-7-14-10/h3-7,11-12,14-17H,1-2H3/t11-,12+/m1/s1. The van der Waals surface area contributed by atoms with E-state index in [1.54, 1.807) is 18.3 Å². The molecule has 0 bridgehead atoms. The molecule has 0 fully saturated rings. The van der Waals surface area contributed by atoms with Gasteiger partial charge in [0.25, 0.3) is 0 Å². The highest BCUT2D eigenvalue weighted by Gasteiger charge is 2.32. The maximum Gasteiger partial charge on any atom is 0.112 e. The third-order valence-electron chi connectivity index (χ3n) is 2.97. The van der Waals surface area contributed by atoms with Crippen molar-refractivity contribution < 1.29 is 15.3 Å². The fraction of sp³-hybridized carbons (Fsp3) is 0.385. The van der Waals surface area contributed by atoms with Gasteiger partial charge < -0.3 is 20.3 Å². The van der Waals surface area contributed by atoms with E-state index in [0.29, 0.717) is 5.56 Å². The van der Waals surface area contributed by atoms with Crippen molar-refractivity contribution in [3.63, 3.8) is 0 Å². The monoisotopic (exact) mass is 235 g/mol. The van der Waals surface area contributed by atoms with E-state index in [-0.39, 0.29) is 0 Å². The first kappa shape index (κ1) is 12.1. The van der Waals surface area contributed by atoms with Crippen molar-refractivity contribution in [2.24, 2.45) is 0 Å². The summed E-state index contributed by atoms with van der Waals surface area (Å²) in [7, 11) is 0. The van der Waals surface area contributed by atoms with E-state index >= 15 is 0 Å². The number of H-pyrrole nitrogens is 1. The van der Waals surface area contributed by atoms with Crippen LogP contribution in [0.15, 0.2) is 30.5 Å². The first-order valence-corrected chi connectivity index (χ1v) is 5.56. The number of rotatable bonds is 3. The lowest BCUT2D eigenvalue weighted by molar-refractivity contribution is -0.107. The zero-order valence-electron chi connectivity index (χ0n) is 9.88. The Labute approximate surface area is 99.5 Å². The molecule has 0 aliphatic carbocycles. The number of benzene rings is 1. The molecule has 0 spiro atoms. The zero-order valence-corrected chi connectivity index (χ0v) is 9.88. The van der Waals surface area contributed by atoms with Crippen LogP contribution in [0.1, 0.15) is 25.5 Å². The van der Waals surface area contributed by atoms with Crippen LogP contribution in [0.25, 0.3) is 10.9 Å². The number of fused-ring (bicyclic) bond motifs is 1. The lowest BCUT2D eigenvalue weighted by Gasteiger charge is -2.29. The molecule has 2 atom stereocenters. The van der Waals surface area contributed by atoms with Crippen LogP contribution < -0.4 is 0 Å². The molecule has 2 rings (SSSR count). The van der Waals surface area contributed by atoms with Crippen LogP contribution in [0, 0.1) is 0 Å². The van der Waals surface area contributed by atoms with Crippen molar-refractivity contribution in [1.29, 1.82) is 0 Å². The largest absolute Gasteiger partial charge is 0.388 e. The molecule has 0 unspecified atom stereocenters. The van der Waals surface area contributed by atoms with Gasteiger partial charge in [0.15, 0.2) is 0 Å². The maximum atomic E-state index is 10.1. The molecule has 0 aliphatic rings. The van der Waals surface area contributed by atoms with Crippen LogP contribution in [0.4, 0.5) is 0 Å². The van der Waals surface area contributed by atoms with Gasteiger partial charge in [-0.1, -0.05) is 12.1 Å². The molecule has 4 nitrogen and oxygen atoms in total. The zero-order chi connectivity index (χ0) is 12.6. The summed E-state index contributed by atoms with van der Waals surface area (Å²) in [5.41, 5.74) is 0.153. The third-order valence-corrected chi connectivity index (χ3v) is 2.97. The molecule has 2 aromatic rings. The van der Waals surface area contributed by atoms with Gasteiger partial charge >= 0.3 is 0 Å². The Morgan fingerprint density at radius 2 is 1.88 bits per heavy atom. The lowest BCUT2D eigenvalue weighted by atomic mass is 9.91. The first-order chi connectivity index (χ1) is 7.91. The number of aromatic amines is 1. The quantitative estimate of drug-likeness (QED) is 0.648. The smallest absolute Gasteiger partial charge is 0.112 e. The summed E-state index contributed by atoms with van der Waals surface area (Å²) in [5, 5.41) is 30.6. The predicted octanol–water partition coefficient (Wildman–Crippen LogP) is 1.33. The Bertz CT molecular complexity index is 513. The van der Waals surface area contributed by atoms with Crippen LogP contribution in [0.2, 0.25) is 0 Å². The second-order valence-corrected chi connectivity index (χ2v) is 4.83. The van der Waals surface area contributed by atoms with Gasteiger partial charge in [-0.05, 0) is 31.5 Å². The molecule has 17 heavy (non-hydrogen) atoms. The molecule has 1 aromatic heterocycles. The number of hydrogen-bond acceptors (Lipinski definition) is 3. The highest BCUT2D eigenvalue weighted by Crippen LogP contribution is 2.29. The Morgan fingerprint density at radius 1 is 1.18 bits per heavy atom. The van der Waals surface area contributed by atoms with Gasteiger partial charge in [0.2, 0.25) is 0 Å². The molecule has 1 heterocycles. The summed E-state index contributed by atoms with van der Waals surface area (Å²) in [6, 6.07) is 7.28. The molecular weight excluding hydrogens is 218 g/mol. The van der Waals surface area contributed by atoms with Gasteiger partial charge in [0.05, 0.1) is 5.60 Å². The van der Waals surface area contributed by atoms with Crippen molar-refractivity contribution in [3.05, 3.63) is 36.0 Å². The molecule has 0 aliphatic heterocycles. The number of nitrogens with one attached hydrogen (secondary N) is 1. The molecule has 0 saturated carbocycles. The number of aliphatic hydroxyl groups is 3. The summed E-state index contributed by atoms with van der Waals surface area (Å²) in [6.45, 7) is 2.94. The summed E-state index contributed by atoms with van der Waals surface area (Å²) in [4.78, 5) is 3.04. The van der Waals surface area contributed by atoms with Crippen LogP contribution in [0.5, 0.6) is 0 Å². The minimum absolute atomic E-state index is 0.610. The predicted molar refractivity (Wildman–Crippen MR) is 65.6 cm³/mol. The summed E-state index contributed by atoms with van der Waals surface area (Å²) in [5.74, 6) is 0. The van der Waals surface area contributed by atoms with Crippen molar-refractivity contribution in [2.75, 3.05) is 0 Å². The topological polar surface area (TPSA) is 76.5 Å². The molecule has 92 valence electrons. The van der Waals surface area contributed by atoms with E-state index < -0.39 is 17.8 Å². The van der Waals surface area contributed by atoms with Crippen LogP contribution in [-0.2, 0) is 0 Å². The average molecular weight is 235 g/mol. The Kier molecular flexibility index (Phi) is 2.95. The van der Waals surface area contributed by atoms with Gasteiger partial charge in [0, 0.05) is 17.1 Å². The normalized spacial score (nSPS) is 16.1. The van der Waals surface area contributed by atoms with Crippen LogP contribution in [0.3, 0.4) is 0 Å². The Morgan fingerprint density at radius 3 is 2.53 bits per heavy atom.